The fraction of sp³-hybridized carbons (Fsp3) is 0.769. The first-order valence-corrected chi connectivity index (χ1v) is 6.56. The van der Waals surface area contributed by atoms with E-state index in [-0.39, 0.29) is 5.41 Å². The van der Waals surface area contributed by atoms with E-state index in [9.17, 15) is 0 Å². The highest BCUT2D eigenvalue weighted by Crippen LogP contribution is 2.41. The van der Waals surface area contributed by atoms with Crippen LogP contribution >= 0.6 is 0 Å². The van der Waals surface area contributed by atoms with Gasteiger partial charge in [-0.15, -0.1) is 0 Å². The van der Waals surface area contributed by atoms with Crippen molar-refractivity contribution in [1.82, 2.24) is 9.78 Å². The van der Waals surface area contributed by atoms with Crippen molar-refractivity contribution in [1.29, 1.82) is 0 Å². The molecule has 1 heterocycles. The minimum Gasteiger partial charge on any atom is -0.330 e. The summed E-state index contributed by atoms with van der Waals surface area (Å²) in [4.78, 5) is 0. The first kappa shape index (κ1) is 10.3. The standard InChI is InChI=1S/C13H21N3/c14-10-13(6-1-2-7-13)12-5-8-15-16(12)9-11-3-4-11/h5,8,11H,1-4,6-7,9-10,14H2. The van der Waals surface area contributed by atoms with E-state index in [0.717, 1.165) is 19.0 Å². The maximum atomic E-state index is 6.03. The molecule has 2 saturated carbocycles. The summed E-state index contributed by atoms with van der Waals surface area (Å²) >= 11 is 0. The Morgan fingerprint density at radius 1 is 1.38 bits per heavy atom. The minimum absolute atomic E-state index is 0.241. The molecule has 0 unspecified atom stereocenters. The van der Waals surface area contributed by atoms with Gasteiger partial charge in [-0.2, -0.15) is 5.10 Å². The van der Waals surface area contributed by atoms with Gasteiger partial charge in [0.2, 0.25) is 0 Å². The summed E-state index contributed by atoms with van der Waals surface area (Å²) in [5.74, 6) is 0.884. The lowest BCUT2D eigenvalue weighted by molar-refractivity contribution is 0.395. The Bertz CT molecular complexity index is 359. The van der Waals surface area contributed by atoms with Gasteiger partial charge in [-0.3, -0.25) is 4.68 Å². The number of rotatable bonds is 4. The molecule has 0 amide bonds. The smallest absolute Gasteiger partial charge is 0.0492 e. The summed E-state index contributed by atoms with van der Waals surface area (Å²) in [6.45, 7) is 1.90. The molecule has 0 aliphatic heterocycles. The largest absolute Gasteiger partial charge is 0.330 e. The van der Waals surface area contributed by atoms with Gasteiger partial charge in [0.15, 0.2) is 0 Å². The van der Waals surface area contributed by atoms with Crippen LogP contribution in [-0.4, -0.2) is 16.3 Å². The third kappa shape index (κ3) is 1.67. The Hall–Kier alpha value is -0.830. The second-order valence-corrected chi connectivity index (χ2v) is 5.53. The van der Waals surface area contributed by atoms with Crippen molar-refractivity contribution in [3.63, 3.8) is 0 Å². The monoisotopic (exact) mass is 219 g/mol. The highest BCUT2D eigenvalue weighted by Gasteiger charge is 2.37. The van der Waals surface area contributed by atoms with Gasteiger partial charge < -0.3 is 5.73 Å². The zero-order chi connectivity index (χ0) is 11.0. The summed E-state index contributed by atoms with van der Waals surface area (Å²) in [5, 5.41) is 4.50. The number of nitrogens with two attached hydrogens (primary N) is 1. The topological polar surface area (TPSA) is 43.8 Å². The first-order chi connectivity index (χ1) is 7.84. The number of nitrogens with zero attached hydrogens (tertiary/aromatic N) is 2. The predicted molar refractivity (Wildman–Crippen MR) is 64.2 cm³/mol. The van der Waals surface area contributed by atoms with Gasteiger partial charge in [-0.1, -0.05) is 12.8 Å². The van der Waals surface area contributed by atoms with Crippen LogP contribution in [0.4, 0.5) is 0 Å². The van der Waals surface area contributed by atoms with Crippen LogP contribution in [0.2, 0.25) is 0 Å². The Balaban J connectivity index is 1.88. The lowest BCUT2D eigenvalue weighted by Crippen LogP contribution is -2.34. The molecule has 0 spiro atoms. The second-order valence-electron chi connectivity index (χ2n) is 5.53. The molecular formula is C13H21N3. The third-order valence-corrected chi connectivity index (χ3v) is 4.34. The van der Waals surface area contributed by atoms with Gasteiger partial charge >= 0.3 is 0 Å². The fourth-order valence-electron chi connectivity index (χ4n) is 3.09. The molecule has 2 N–H and O–H groups in total. The minimum atomic E-state index is 0.241. The van der Waals surface area contributed by atoms with Gasteiger partial charge in [-0.25, -0.2) is 0 Å². The molecule has 1 aromatic rings. The van der Waals surface area contributed by atoms with Crippen LogP contribution in [0.15, 0.2) is 12.3 Å². The zero-order valence-corrected chi connectivity index (χ0v) is 9.86. The average Bonchev–Trinajstić information content (AvgIpc) is 2.82. The van der Waals surface area contributed by atoms with Crippen molar-refractivity contribution in [3.05, 3.63) is 18.0 Å². The van der Waals surface area contributed by atoms with Crippen LogP contribution in [0, 0.1) is 5.92 Å². The van der Waals surface area contributed by atoms with E-state index < -0.39 is 0 Å². The highest BCUT2D eigenvalue weighted by molar-refractivity contribution is 5.19. The van der Waals surface area contributed by atoms with Crippen LogP contribution in [-0.2, 0) is 12.0 Å². The fourth-order valence-corrected chi connectivity index (χ4v) is 3.09. The van der Waals surface area contributed by atoms with E-state index in [2.05, 4.69) is 15.8 Å². The quantitative estimate of drug-likeness (QED) is 0.842. The summed E-state index contributed by atoms with van der Waals surface area (Å²) in [6.07, 6.45) is 9.87. The Morgan fingerprint density at radius 3 is 2.75 bits per heavy atom. The van der Waals surface area contributed by atoms with Gasteiger partial charge in [0.25, 0.3) is 0 Å². The van der Waals surface area contributed by atoms with Crippen molar-refractivity contribution in [2.75, 3.05) is 6.54 Å². The summed E-state index contributed by atoms with van der Waals surface area (Å²) in [7, 11) is 0. The molecule has 2 fully saturated rings. The molecule has 16 heavy (non-hydrogen) atoms. The molecule has 3 rings (SSSR count). The number of aromatic nitrogens is 2. The molecular weight excluding hydrogens is 198 g/mol. The summed E-state index contributed by atoms with van der Waals surface area (Å²) in [6, 6.07) is 2.19. The molecule has 0 bridgehead atoms. The van der Waals surface area contributed by atoms with Crippen LogP contribution in [0.5, 0.6) is 0 Å². The Morgan fingerprint density at radius 2 is 2.12 bits per heavy atom. The summed E-state index contributed by atoms with van der Waals surface area (Å²) < 4.78 is 2.23. The normalized spacial score (nSPS) is 23.8. The van der Waals surface area contributed by atoms with Crippen LogP contribution in [0.3, 0.4) is 0 Å². The molecule has 1 aromatic heterocycles. The maximum Gasteiger partial charge on any atom is 0.0492 e. The zero-order valence-electron chi connectivity index (χ0n) is 9.86. The van der Waals surface area contributed by atoms with E-state index >= 15 is 0 Å². The van der Waals surface area contributed by atoms with Crippen LogP contribution < -0.4 is 5.73 Å². The van der Waals surface area contributed by atoms with Crippen molar-refractivity contribution in [3.8, 4) is 0 Å². The van der Waals surface area contributed by atoms with Gasteiger partial charge in [0.05, 0.1) is 0 Å². The van der Waals surface area contributed by atoms with Gasteiger partial charge in [-0.05, 0) is 37.7 Å². The van der Waals surface area contributed by atoms with Gasteiger partial charge in [0.1, 0.15) is 0 Å². The van der Waals surface area contributed by atoms with E-state index in [1.54, 1.807) is 0 Å². The number of hydrogen-bond donors (Lipinski definition) is 1. The molecule has 2 aliphatic carbocycles. The van der Waals surface area contributed by atoms with E-state index in [4.69, 9.17) is 5.73 Å². The van der Waals surface area contributed by atoms with Crippen molar-refractivity contribution in [2.24, 2.45) is 11.7 Å². The SMILES string of the molecule is NCC1(c2ccnn2CC2CC2)CCCC1. The molecule has 0 radical (unpaired) electrons. The second kappa shape index (κ2) is 3.88. The van der Waals surface area contributed by atoms with Crippen molar-refractivity contribution >= 4 is 0 Å². The van der Waals surface area contributed by atoms with E-state index in [1.807, 2.05) is 6.20 Å². The number of hydrogen-bond acceptors (Lipinski definition) is 2. The predicted octanol–water partition coefficient (Wildman–Crippen LogP) is 2.06. The van der Waals surface area contributed by atoms with Gasteiger partial charge in [0, 0.05) is 30.4 Å². The van der Waals surface area contributed by atoms with Crippen molar-refractivity contribution in [2.45, 2.75) is 50.5 Å². The molecule has 0 saturated heterocycles. The molecule has 88 valence electrons. The Labute approximate surface area is 97.0 Å². The summed E-state index contributed by atoms with van der Waals surface area (Å²) in [5.41, 5.74) is 7.68. The van der Waals surface area contributed by atoms with Crippen LogP contribution in [0.25, 0.3) is 0 Å². The molecule has 3 nitrogen and oxygen atoms in total. The van der Waals surface area contributed by atoms with E-state index in [1.165, 1.54) is 44.2 Å². The van der Waals surface area contributed by atoms with Crippen LogP contribution in [0.1, 0.15) is 44.2 Å². The Kier molecular flexibility index (Phi) is 2.51. The highest BCUT2D eigenvalue weighted by atomic mass is 15.3. The third-order valence-electron chi connectivity index (χ3n) is 4.34. The molecule has 0 atom stereocenters. The first-order valence-electron chi connectivity index (χ1n) is 6.56. The maximum absolute atomic E-state index is 6.03. The average molecular weight is 219 g/mol. The lowest BCUT2D eigenvalue weighted by Gasteiger charge is -2.28. The lowest BCUT2D eigenvalue weighted by atomic mass is 9.82. The molecule has 2 aliphatic rings. The molecule has 3 heteroatoms. The van der Waals surface area contributed by atoms with Crippen molar-refractivity contribution < 1.29 is 0 Å². The van der Waals surface area contributed by atoms with E-state index in [0.29, 0.717) is 0 Å². The molecule has 0 aromatic carbocycles.